The van der Waals surface area contributed by atoms with E-state index in [9.17, 15) is 9.59 Å². The molecule has 1 N–H and O–H groups in total. The Morgan fingerprint density at radius 3 is 2.22 bits per heavy atom. The molecule has 0 unspecified atom stereocenters. The van der Waals surface area contributed by atoms with Crippen molar-refractivity contribution in [1.82, 2.24) is 14.8 Å². The fraction of sp³-hybridized carbons (Fsp3) is 0.381. The normalized spacial score (nSPS) is 14.9. The Labute approximate surface area is 160 Å². The molecule has 0 bridgehead atoms. The lowest BCUT2D eigenvalue weighted by Crippen LogP contribution is -2.48. The molecule has 0 atom stereocenters. The first kappa shape index (κ1) is 19.0. The van der Waals surface area contributed by atoms with Crippen LogP contribution in [0.3, 0.4) is 0 Å². The summed E-state index contributed by atoms with van der Waals surface area (Å²) in [5.74, 6) is -0.336. The lowest BCUT2D eigenvalue weighted by Gasteiger charge is -2.34. The van der Waals surface area contributed by atoms with E-state index in [1.165, 1.54) is 12.4 Å². The number of likely N-dealkylation sites (N-methyl/N-ethyl adjacent to an activating group) is 1. The van der Waals surface area contributed by atoms with E-state index in [1.807, 2.05) is 30.9 Å². The van der Waals surface area contributed by atoms with E-state index in [0.717, 1.165) is 36.4 Å². The number of amides is 2. The summed E-state index contributed by atoms with van der Waals surface area (Å²) in [5, 5.41) is 2.89. The maximum absolute atomic E-state index is 12.8. The Bertz CT molecular complexity index is 822. The van der Waals surface area contributed by atoms with E-state index in [2.05, 4.69) is 28.2 Å². The molecule has 0 aliphatic carbocycles. The average molecular weight is 366 g/mol. The van der Waals surface area contributed by atoms with Crippen LogP contribution in [0, 0.1) is 13.8 Å². The van der Waals surface area contributed by atoms with Gasteiger partial charge in [-0.3, -0.25) is 14.6 Å². The number of benzene rings is 1. The Hall–Kier alpha value is -2.73. The predicted octanol–water partition coefficient (Wildman–Crippen LogP) is 2.73. The number of carbonyl (C=O) groups excluding carboxylic acids is 2. The van der Waals surface area contributed by atoms with Crippen molar-refractivity contribution in [1.29, 1.82) is 0 Å². The lowest BCUT2D eigenvalue weighted by molar-refractivity contribution is 0.0643. The minimum atomic E-state index is -0.266. The maximum Gasteiger partial charge on any atom is 0.257 e. The summed E-state index contributed by atoms with van der Waals surface area (Å²) in [6, 6.07) is 7.51. The fourth-order valence-electron chi connectivity index (χ4n) is 3.38. The van der Waals surface area contributed by atoms with Crippen LogP contribution in [0.1, 0.15) is 38.8 Å². The van der Waals surface area contributed by atoms with Crippen LogP contribution in [0.25, 0.3) is 0 Å². The Morgan fingerprint density at radius 2 is 1.59 bits per heavy atom. The molecule has 3 rings (SSSR count). The number of nitrogens with one attached hydrogen (secondary N) is 1. The number of piperazine rings is 1. The molecule has 6 nitrogen and oxygen atoms in total. The number of anilines is 1. The minimum absolute atomic E-state index is 0.0701. The number of hydrogen-bond acceptors (Lipinski definition) is 4. The minimum Gasteiger partial charge on any atom is -0.336 e. The number of rotatable bonds is 4. The number of nitrogens with zero attached hydrogens (tertiary/aromatic N) is 3. The highest BCUT2D eigenvalue weighted by Crippen LogP contribution is 2.16. The van der Waals surface area contributed by atoms with E-state index in [0.29, 0.717) is 24.2 Å². The second-order valence-electron chi connectivity index (χ2n) is 7.02. The quantitative estimate of drug-likeness (QED) is 0.904. The summed E-state index contributed by atoms with van der Waals surface area (Å²) in [7, 11) is 0. The number of pyridine rings is 1. The van der Waals surface area contributed by atoms with Crippen molar-refractivity contribution >= 4 is 17.5 Å². The van der Waals surface area contributed by atoms with Crippen LogP contribution >= 0.6 is 0 Å². The largest absolute Gasteiger partial charge is 0.336 e. The zero-order valence-electron chi connectivity index (χ0n) is 16.2. The van der Waals surface area contributed by atoms with Gasteiger partial charge in [-0.1, -0.05) is 13.0 Å². The van der Waals surface area contributed by atoms with Crippen LogP contribution in [0.2, 0.25) is 0 Å². The molecule has 1 aromatic heterocycles. The van der Waals surface area contributed by atoms with Gasteiger partial charge in [-0.25, -0.2) is 0 Å². The van der Waals surface area contributed by atoms with Crippen LogP contribution in [-0.4, -0.2) is 59.3 Å². The molecular weight excluding hydrogens is 340 g/mol. The van der Waals surface area contributed by atoms with Crippen molar-refractivity contribution in [2.24, 2.45) is 0 Å². The van der Waals surface area contributed by atoms with Gasteiger partial charge in [-0.05, 0) is 49.7 Å². The third kappa shape index (κ3) is 4.71. The second kappa shape index (κ2) is 8.31. The van der Waals surface area contributed by atoms with E-state index >= 15 is 0 Å². The first-order valence-electron chi connectivity index (χ1n) is 9.32. The summed E-state index contributed by atoms with van der Waals surface area (Å²) in [5.41, 5.74) is 3.74. The van der Waals surface area contributed by atoms with E-state index < -0.39 is 0 Å². The van der Waals surface area contributed by atoms with Gasteiger partial charge in [0.15, 0.2) is 0 Å². The summed E-state index contributed by atoms with van der Waals surface area (Å²) >= 11 is 0. The standard InChI is InChI=1S/C21H26N4O2/c1-4-24-5-7-25(8-6-24)21(27)18-12-17(13-22-14-18)20(26)23-19-10-15(2)9-16(3)11-19/h9-14H,4-8H2,1-3H3,(H,23,26). The molecule has 142 valence electrons. The molecule has 6 heteroatoms. The van der Waals surface area contributed by atoms with Crippen LogP contribution in [-0.2, 0) is 0 Å². The van der Waals surface area contributed by atoms with Crippen molar-refractivity contribution in [2.45, 2.75) is 20.8 Å². The highest BCUT2D eigenvalue weighted by molar-refractivity contribution is 6.05. The summed E-state index contributed by atoms with van der Waals surface area (Å²) in [6.45, 7) is 10.3. The molecule has 1 aromatic carbocycles. The molecule has 0 radical (unpaired) electrons. The van der Waals surface area contributed by atoms with Gasteiger partial charge < -0.3 is 15.1 Å². The zero-order valence-corrected chi connectivity index (χ0v) is 16.2. The fourth-order valence-corrected chi connectivity index (χ4v) is 3.38. The van der Waals surface area contributed by atoms with Crippen LogP contribution < -0.4 is 5.32 Å². The number of hydrogen-bond donors (Lipinski definition) is 1. The number of aryl methyl sites for hydroxylation is 2. The first-order valence-corrected chi connectivity index (χ1v) is 9.32. The Morgan fingerprint density at radius 1 is 0.963 bits per heavy atom. The number of carbonyl (C=O) groups is 2. The van der Waals surface area contributed by atoms with Gasteiger partial charge in [-0.15, -0.1) is 0 Å². The van der Waals surface area contributed by atoms with Crippen molar-refractivity contribution in [3.63, 3.8) is 0 Å². The van der Waals surface area contributed by atoms with Crippen molar-refractivity contribution in [3.8, 4) is 0 Å². The van der Waals surface area contributed by atoms with Crippen LogP contribution in [0.4, 0.5) is 5.69 Å². The van der Waals surface area contributed by atoms with Crippen molar-refractivity contribution < 1.29 is 9.59 Å². The van der Waals surface area contributed by atoms with Gasteiger partial charge in [0.25, 0.3) is 11.8 Å². The van der Waals surface area contributed by atoms with Crippen molar-refractivity contribution in [2.75, 3.05) is 38.0 Å². The molecule has 0 spiro atoms. The average Bonchev–Trinajstić information content (AvgIpc) is 2.67. The number of aromatic nitrogens is 1. The van der Waals surface area contributed by atoms with Gasteiger partial charge in [-0.2, -0.15) is 0 Å². The van der Waals surface area contributed by atoms with Gasteiger partial charge >= 0.3 is 0 Å². The summed E-state index contributed by atoms with van der Waals surface area (Å²) < 4.78 is 0. The van der Waals surface area contributed by atoms with Crippen LogP contribution in [0.15, 0.2) is 36.7 Å². The highest BCUT2D eigenvalue weighted by atomic mass is 16.2. The summed E-state index contributed by atoms with van der Waals surface area (Å²) in [6.07, 6.45) is 3.02. The van der Waals surface area contributed by atoms with E-state index in [4.69, 9.17) is 0 Å². The molecule has 2 amide bonds. The first-order chi connectivity index (χ1) is 13.0. The SMILES string of the molecule is CCN1CCN(C(=O)c2cncc(C(=O)Nc3cc(C)cc(C)c3)c2)CC1. The molecule has 1 aliphatic heterocycles. The van der Waals surface area contributed by atoms with Crippen molar-refractivity contribution in [3.05, 3.63) is 58.9 Å². The highest BCUT2D eigenvalue weighted by Gasteiger charge is 2.22. The smallest absolute Gasteiger partial charge is 0.257 e. The molecule has 1 aliphatic rings. The van der Waals surface area contributed by atoms with Gasteiger partial charge in [0.05, 0.1) is 11.1 Å². The monoisotopic (exact) mass is 366 g/mol. The molecule has 1 fully saturated rings. The molecular formula is C21H26N4O2. The molecule has 2 aromatic rings. The lowest BCUT2D eigenvalue weighted by atomic mass is 10.1. The zero-order chi connectivity index (χ0) is 19.4. The Balaban J connectivity index is 1.71. The molecule has 2 heterocycles. The molecule has 27 heavy (non-hydrogen) atoms. The topological polar surface area (TPSA) is 65.5 Å². The maximum atomic E-state index is 12.8. The van der Waals surface area contributed by atoms with Crippen LogP contribution in [0.5, 0.6) is 0 Å². The van der Waals surface area contributed by atoms with E-state index in [-0.39, 0.29) is 11.8 Å². The Kier molecular flexibility index (Phi) is 5.86. The molecule has 0 saturated carbocycles. The van der Waals surface area contributed by atoms with Gasteiger partial charge in [0, 0.05) is 44.3 Å². The summed E-state index contributed by atoms with van der Waals surface area (Å²) in [4.78, 5) is 33.6. The molecule has 1 saturated heterocycles. The van der Waals surface area contributed by atoms with Gasteiger partial charge in [0.2, 0.25) is 0 Å². The predicted molar refractivity (Wildman–Crippen MR) is 106 cm³/mol. The van der Waals surface area contributed by atoms with Gasteiger partial charge in [0.1, 0.15) is 0 Å². The second-order valence-corrected chi connectivity index (χ2v) is 7.02. The third-order valence-electron chi connectivity index (χ3n) is 4.83. The van der Waals surface area contributed by atoms with E-state index in [1.54, 1.807) is 6.07 Å². The third-order valence-corrected chi connectivity index (χ3v) is 4.83.